The van der Waals surface area contributed by atoms with Gasteiger partial charge in [0.25, 0.3) is 5.91 Å². The number of hydrogen-bond acceptors (Lipinski definition) is 6. The fraction of sp³-hybridized carbons (Fsp3) is 0.0769. The molecule has 3 aromatic rings. The van der Waals surface area contributed by atoms with Crippen LogP contribution in [0.15, 0.2) is 70.7 Å². The van der Waals surface area contributed by atoms with Crippen molar-refractivity contribution in [2.24, 2.45) is 0 Å². The van der Waals surface area contributed by atoms with E-state index < -0.39 is 17.8 Å². The van der Waals surface area contributed by atoms with Crippen molar-refractivity contribution in [3.05, 3.63) is 93.0 Å². The monoisotopic (exact) mass is 550 g/mol. The van der Waals surface area contributed by atoms with E-state index >= 15 is 0 Å². The van der Waals surface area contributed by atoms with E-state index in [0.29, 0.717) is 27.1 Å². The first-order chi connectivity index (χ1) is 17.2. The number of anilines is 1. The first-order valence-corrected chi connectivity index (χ1v) is 11.1. The van der Waals surface area contributed by atoms with Crippen LogP contribution in [0, 0.1) is 11.3 Å². The molecule has 0 fully saturated rings. The number of halogens is 1. The van der Waals surface area contributed by atoms with Crippen molar-refractivity contribution in [2.45, 2.75) is 6.61 Å². The quantitative estimate of drug-likeness (QED) is 0.249. The maximum absolute atomic E-state index is 12.6. The highest BCUT2D eigenvalue weighted by Gasteiger charge is 2.15. The third-order valence-electron chi connectivity index (χ3n) is 4.85. The normalized spacial score (nSPS) is 10.8. The van der Waals surface area contributed by atoms with Crippen LogP contribution in [0.1, 0.15) is 31.8 Å². The number of rotatable bonds is 9. The van der Waals surface area contributed by atoms with Gasteiger partial charge in [-0.05, 0) is 75.6 Å². The number of aromatic carboxylic acids is 2. The molecule has 0 atom stereocenters. The Kier molecular flexibility index (Phi) is 8.43. The van der Waals surface area contributed by atoms with Crippen LogP contribution >= 0.6 is 15.9 Å². The summed E-state index contributed by atoms with van der Waals surface area (Å²) in [5.41, 5.74) is 1.25. The number of nitriles is 1. The summed E-state index contributed by atoms with van der Waals surface area (Å²) in [6.45, 7) is 0.0759. The molecule has 0 spiro atoms. The van der Waals surface area contributed by atoms with Gasteiger partial charge in [0.1, 0.15) is 18.2 Å². The van der Waals surface area contributed by atoms with Crippen LogP contribution in [0.4, 0.5) is 5.69 Å². The van der Waals surface area contributed by atoms with Crippen molar-refractivity contribution in [1.82, 2.24) is 0 Å². The van der Waals surface area contributed by atoms with E-state index in [1.807, 2.05) is 6.07 Å². The fourth-order valence-corrected chi connectivity index (χ4v) is 3.73. The molecule has 0 heterocycles. The number of hydrogen-bond donors (Lipinski definition) is 3. The number of carbonyl (C=O) groups excluding carboxylic acids is 1. The Labute approximate surface area is 214 Å². The molecule has 36 heavy (non-hydrogen) atoms. The lowest BCUT2D eigenvalue weighted by Crippen LogP contribution is -2.14. The van der Waals surface area contributed by atoms with Crippen LogP contribution in [-0.4, -0.2) is 35.2 Å². The molecule has 0 aliphatic rings. The minimum absolute atomic E-state index is 0.00534. The summed E-state index contributed by atoms with van der Waals surface area (Å²) in [5, 5.41) is 30.3. The van der Waals surface area contributed by atoms with E-state index in [-0.39, 0.29) is 29.0 Å². The number of carbonyl (C=O) groups is 3. The lowest BCUT2D eigenvalue weighted by molar-refractivity contribution is -0.112. The minimum Gasteiger partial charge on any atom is -0.493 e. The van der Waals surface area contributed by atoms with E-state index in [2.05, 4.69) is 21.2 Å². The van der Waals surface area contributed by atoms with Crippen molar-refractivity contribution in [1.29, 1.82) is 5.26 Å². The van der Waals surface area contributed by atoms with E-state index in [0.717, 1.165) is 0 Å². The molecule has 0 unspecified atom stereocenters. The van der Waals surface area contributed by atoms with Gasteiger partial charge in [0.05, 0.1) is 22.7 Å². The molecule has 9 nitrogen and oxygen atoms in total. The van der Waals surface area contributed by atoms with Gasteiger partial charge in [-0.1, -0.05) is 18.2 Å². The maximum Gasteiger partial charge on any atom is 0.335 e. The van der Waals surface area contributed by atoms with Crippen LogP contribution in [0.25, 0.3) is 6.08 Å². The number of amides is 1. The van der Waals surface area contributed by atoms with Crippen molar-refractivity contribution in [2.75, 3.05) is 12.4 Å². The Morgan fingerprint density at radius 2 is 1.69 bits per heavy atom. The lowest BCUT2D eigenvalue weighted by atomic mass is 10.1. The standard InChI is InChI=1S/C26H19BrN2O7/c1-35-22-11-16(9-19(13-28)24(30)29-20-7-3-6-18(12-20)26(33)34)10-21(27)23(22)36-14-15-4-2-5-17(8-15)25(31)32/h2-12H,14H2,1H3,(H,29,30)(H,31,32)(H,33,34)/b19-9-. The van der Waals surface area contributed by atoms with Gasteiger partial charge < -0.3 is 25.0 Å². The highest BCUT2D eigenvalue weighted by atomic mass is 79.9. The van der Waals surface area contributed by atoms with Crippen LogP contribution in [-0.2, 0) is 11.4 Å². The van der Waals surface area contributed by atoms with E-state index in [1.165, 1.54) is 49.6 Å². The highest BCUT2D eigenvalue weighted by molar-refractivity contribution is 9.10. The van der Waals surface area contributed by atoms with Gasteiger partial charge in [0.2, 0.25) is 0 Å². The van der Waals surface area contributed by atoms with Crippen molar-refractivity contribution in [3.8, 4) is 17.6 Å². The molecule has 0 aliphatic carbocycles. The van der Waals surface area contributed by atoms with Crippen LogP contribution in [0.3, 0.4) is 0 Å². The smallest absolute Gasteiger partial charge is 0.335 e. The SMILES string of the molecule is COc1cc(/C=C(/C#N)C(=O)Nc2cccc(C(=O)O)c2)cc(Br)c1OCc1cccc(C(=O)O)c1. The lowest BCUT2D eigenvalue weighted by Gasteiger charge is -2.14. The Hall–Kier alpha value is -4.62. The first kappa shape index (κ1) is 26.0. The Morgan fingerprint density at radius 3 is 2.33 bits per heavy atom. The molecule has 10 heteroatoms. The predicted octanol–water partition coefficient (Wildman–Crippen LogP) is 4.98. The number of nitrogens with zero attached hydrogens (tertiary/aromatic N) is 1. The number of methoxy groups -OCH3 is 1. The molecule has 0 radical (unpaired) electrons. The van der Waals surface area contributed by atoms with Gasteiger partial charge in [0, 0.05) is 5.69 Å². The number of benzene rings is 3. The summed E-state index contributed by atoms with van der Waals surface area (Å²) in [4.78, 5) is 34.9. The van der Waals surface area contributed by atoms with Gasteiger partial charge >= 0.3 is 11.9 Å². The molecule has 0 aromatic heterocycles. The molecule has 0 saturated carbocycles. The Balaban J connectivity index is 1.82. The second-order valence-electron chi connectivity index (χ2n) is 7.34. The van der Waals surface area contributed by atoms with Crippen molar-refractivity contribution in [3.63, 3.8) is 0 Å². The van der Waals surface area contributed by atoms with E-state index in [4.69, 9.17) is 19.7 Å². The van der Waals surface area contributed by atoms with Gasteiger partial charge in [0.15, 0.2) is 11.5 Å². The number of carboxylic acid groups (broad SMARTS) is 2. The summed E-state index contributed by atoms with van der Waals surface area (Å²) >= 11 is 3.41. The van der Waals surface area contributed by atoms with Gasteiger partial charge in [-0.3, -0.25) is 4.79 Å². The summed E-state index contributed by atoms with van der Waals surface area (Å²) < 4.78 is 11.7. The fourth-order valence-electron chi connectivity index (χ4n) is 3.16. The second-order valence-corrected chi connectivity index (χ2v) is 8.19. The summed E-state index contributed by atoms with van der Waals surface area (Å²) in [6.07, 6.45) is 1.35. The molecule has 3 N–H and O–H groups in total. The Bertz CT molecular complexity index is 1410. The summed E-state index contributed by atoms with van der Waals surface area (Å²) in [6, 6.07) is 17.0. The zero-order valence-electron chi connectivity index (χ0n) is 18.8. The summed E-state index contributed by atoms with van der Waals surface area (Å²) in [5.74, 6) is -2.23. The van der Waals surface area contributed by atoms with Crippen LogP contribution in [0.2, 0.25) is 0 Å². The van der Waals surface area contributed by atoms with Crippen LogP contribution in [0.5, 0.6) is 11.5 Å². The third-order valence-corrected chi connectivity index (χ3v) is 5.44. The second kappa shape index (κ2) is 11.7. The highest BCUT2D eigenvalue weighted by Crippen LogP contribution is 2.38. The van der Waals surface area contributed by atoms with Gasteiger partial charge in [-0.25, -0.2) is 9.59 Å². The Morgan fingerprint density at radius 1 is 1.03 bits per heavy atom. The molecule has 182 valence electrons. The zero-order chi connectivity index (χ0) is 26.2. The average molecular weight is 551 g/mol. The van der Waals surface area contributed by atoms with E-state index in [9.17, 15) is 19.6 Å². The molecule has 3 aromatic carbocycles. The minimum atomic E-state index is -1.14. The molecular weight excluding hydrogens is 532 g/mol. The van der Waals surface area contributed by atoms with E-state index in [1.54, 1.807) is 24.3 Å². The molecular formula is C26H19BrN2O7. The number of nitrogens with one attached hydrogen (secondary N) is 1. The first-order valence-electron chi connectivity index (χ1n) is 10.3. The predicted molar refractivity (Wildman–Crippen MR) is 134 cm³/mol. The molecule has 0 saturated heterocycles. The maximum atomic E-state index is 12.6. The molecule has 0 aliphatic heterocycles. The topological polar surface area (TPSA) is 146 Å². The molecule has 1 amide bonds. The number of carboxylic acids is 2. The summed E-state index contributed by atoms with van der Waals surface area (Å²) in [7, 11) is 1.43. The largest absolute Gasteiger partial charge is 0.493 e. The van der Waals surface area contributed by atoms with Gasteiger partial charge in [-0.2, -0.15) is 5.26 Å². The van der Waals surface area contributed by atoms with Crippen molar-refractivity contribution < 1.29 is 34.1 Å². The average Bonchev–Trinajstić information content (AvgIpc) is 2.86. The van der Waals surface area contributed by atoms with Gasteiger partial charge in [-0.15, -0.1) is 0 Å². The number of ether oxygens (including phenoxy) is 2. The zero-order valence-corrected chi connectivity index (χ0v) is 20.4. The molecule has 0 bridgehead atoms. The van der Waals surface area contributed by atoms with Crippen LogP contribution < -0.4 is 14.8 Å². The molecule has 3 rings (SSSR count). The third kappa shape index (κ3) is 6.49. The van der Waals surface area contributed by atoms with Crippen molar-refractivity contribution >= 4 is 45.5 Å².